The molecule has 1 aromatic carbocycles. The van der Waals surface area contributed by atoms with Gasteiger partial charge in [-0.25, -0.2) is 0 Å². The van der Waals surface area contributed by atoms with E-state index in [0.29, 0.717) is 10.8 Å². The predicted octanol–water partition coefficient (Wildman–Crippen LogP) is 3.36. The third kappa shape index (κ3) is 3.11. The summed E-state index contributed by atoms with van der Waals surface area (Å²) in [5.74, 6) is 0.682. The zero-order chi connectivity index (χ0) is 12.1. The number of ether oxygens (including phenoxy) is 1. The van der Waals surface area contributed by atoms with Crippen LogP contribution in [-0.4, -0.2) is 12.1 Å². The Labute approximate surface area is 105 Å². The molecule has 1 heterocycles. The van der Waals surface area contributed by atoms with Gasteiger partial charge in [0.1, 0.15) is 5.75 Å². The monoisotopic (exact) mass is 248 g/mol. The van der Waals surface area contributed by atoms with Gasteiger partial charge in [0.2, 0.25) is 0 Å². The molecule has 2 aromatic rings. The zero-order valence-corrected chi connectivity index (χ0v) is 10.2. The van der Waals surface area contributed by atoms with E-state index in [4.69, 9.17) is 16.3 Å². The van der Waals surface area contributed by atoms with E-state index in [2.05, 4.69) is 10.3 Å². The van der Waals surface area contributed by atoms with Crippen molar-refractivity contribution in [2.24, 2.45) is 0 Å². The molecular formula is C13H13ClN2O. The van der Waals surface area contributed by atoms with Gasteiger partial charge in [0.15, 0.2) is 0 Å². The molecule has 17 heavy (non-hydrogen) atoms. The van der Waals surface area contributed by atoms with Gasteiger partial charge in [0.05, 0.1) is 12.1 Å². The number of pyridine rings is 1. The van der Waals surface area contributed by atoms with Crippen LogP contribution < -0.4 is 10.1 Å². The van der Waals surface area contributed by atoms with Gasteiger partial charge in [-0.3, -0.25) is 4.98 Å². The van der Waals surface area contributed by atoms with Crippen molar-refractivity contribution in [1.29, 1.82) is 0 Å². The molecule has 0 aliphatic rings. The second-order valence-electron chi connectivity index (χ2n) is 3.56. The van der Waals surface area contributed by atoms with E-state index < -0.39 is 0 Å². The Morgan fingerprint density at radius 2 is 2.00 bits per heavy atom. The average molecular weight is 249 g/mol. The van der Waals surface area contributed by atoms with Gasteiger partial charge in [-0.05, 0) is 35.9 Å². The number of hydrogen-bond acceptors (Lipinski definition) is 3. The summed E-state index contributed by atoms with van der Waals surface area (Å²) < 4.78 is 5.09. The van der Waals surface area contributed by atoms with Crippen LogP contribution in [0.2, 0.25) is 5.02 Å². The number of aromatic nitrogens is 1. The van der Waals surface area contributed by atoms with E-state index in [1.54, 1.807) is 19.5 Å². The number of nitrogens with zero attached hydrogens (tertiary/aromatic N) is 1. The Balaban J connectivity index is 2.02. The number of anilines is 1. The topological polar surface area (TPSA) is 34.1 Å². The molecule has 2 rings (SSSR count). The van der Waals surface area contributed by atoms with Crippen LogP contribution in [-0.2, 0) is 6.54 Å². The molecule has 3 nitrogen and oxygen atoms in total. The van der Waals surface area contributed by atoms with Crippen LogP contribution in [0.3, 0.4) is 0 Å². The highest BCUT2D eigenvalue weighted by molar-refractivity contribution is 6.32. The van der Waals surface area contributed by atoms with Gasteiger partial charge >= 0.3 is 0 Å². The highest BCUT2D eigenvalue weighted by Gasteiger charge is 2.01. The molecule has 0 amide bonds. The molecule has 0 aliphatic carbocycles. The second kappa shape index (κ2) is 5.55. The number of halogens is 1. The van der Waals surface area contributed by atoms with Gasteiger partial charge in [-0.2, -0.15) is 0 Å². The Morgan fingerprint density at radius 1 is 1.24 bits per heavy atom. The molecular weight excluding hydrogens is 236 g/mol. The van der Waals surface area contributed by atoms with Crippen LogP contribution in [0.5, 0.6) is 5.75 Å². The summed E-state index contributed by atoms with van der Waals surface area (Å²) >= 11 is 6.04. The molecule has 4 heteroatoms. The lowest BCUT2D eigenvalue weighted by Crippen LogP contribution is -1.99. The number of nitrogens with one attached hydrogen (secondary N) is 1. The van der Waals surface area contributed by atoms with Crippen molar-refractivity contribution in [2.75, 3.05) is 12.4 Å². The standard InChI is InChI=1S/C13H13ClN2O/c1-17-13-3-2-11(8-12(13)14)16-9-10-4-6-15-7-5-10/h2-8,16H,9H2,1H3. The van der Waals surface area contributed by atoms with Gasteiger partial charge in [0, 0.05) is 24.6 Å². The molecule has 0 radical (unpaired) electrons. The van der Waals surface area contributed by atoms with Crippen molar-refractivity contribution < 1.29 is 4.74 Å². The molecule has 0 saturated heterocycles. The Kier molecular flexibility index (Phi) is 3.83. The number of hydrogen-bond donors (Lipinski definition) is 1. The van der Waals surface area contributed by atoms with Gasteiger partial charge in [-0.15, -0.1) is 0 Å². The quantitative estimate of drug-likeness (QED) is 0.901. The molecule has 0 fully saturated rings. The molecule has 0 aliphatic heterocycles. The molecule has 0 atom stereocenters. The third-order valence-electron chi connectivity index (χ3n) is 2.40. The van der Waals surface area contributed by atoms with Gasteiger partial charge in [-0.1, -0.05) is 11.6 Å². The minimum Gasteiger partial charge on any atom is -0.495 e. The maximum Gasteiger partial charge on any atom is 0.137 e. The van der Waals surface area contributed by atoms with Crippen molar-refractivity contribution in [2.45, 2.75) is 6.54 Å². The van der Waals surface area contributed by atoms with Gasteiger partial charge in [0.25, 0.3) is 0 Å². The lowest BCUT2D eigenvalue weighted by molar-refractivity contribution is 0.415. The van der Waals surface area contributed by atoms with Crippen LogP contribution in [0.1, 0.15) is 5.56 Å². The Hall–Kier alpha value is -1.74. The van der Waals surface area contributed by atoms with Crippen molar-refractivity contribution >= 4 is 17.3 Å². The fourth-order valence-electron chi connectivity index (χ4n) is 1.48. The first-order chi connectivity index (χ1) is 8.29. The fourth-order valence-corrected chi connectivity index (χ4v) is 1.74. The Bertz CT molecular complexity index is 488. The normalized spacial score (nSPS) is 10.0. The Morgan fingerprint density at radius 3 is 2.65 bits per heavy atom. The van der Waals surface area contributed by atoms with Crippen molar-refractivity contribution in [3.8, 4) is 5.75 Å². The van der Waals surface area contributed by atoms with Crippen LogP contribution in [0.4, 0.5) is 5.69 Å². The molecule has 1 N–H and O–H groups in total. The first-order valence-electron chi connectivity index (χ1n) is 5.26. The maximum atomic E-state index is 6.04. The van der Waals surface area contributed by atoms with E-state index in [9.17, 15) is 0 Å². The van der Waals surface area contributed by atoms with Crippen molar-refractivity contribution in [3.05, 3.63) is 53.3 Å². The lowest BCUT2D eigenvalue weighted by atomic mass is 10.2. The lowest BCUT2D eigenvalue weighted by Gasteiger charge is -2.08. The number of rotatable bonds is 4. The fraction of sp³-hybridized carbons (Fsp3) is 0.154. The molecule has 0 saturated carbocycles. The van der Waals surface area contributed by atoms with Crippen LogP contribution in [0.15, 0.2) is 42.7 Å². The predicted molar refractivity (Wildman–Crippen MR) is 69.6 cm³/mol. The average Bonchev–Trinajstić information content (AvgIpc) is 2.38. The molecule has 0 unspecified atom stereocenters. The summed E-state index contributed by atoms with van der Waals surface area (Å²) in [5.41, 5.74) is 2.14. The van der Waals surface area contributed by atoms with Crippen LogP contribution >= 0.6 is 11.6 Å². The van der Waals surface area contributed by atoms with E-state index >= 15 is 0 Å². The SMILES string of the molecule is COc1ccc(NCc2ccncc2)cc1Cl. The maximum absolute atomic E-state index is 6.04. The summed E-state index contributed by atoms with van der Waals surface area (Å²) in [6.45, 7) is 0.741. The van der Waals surface area contributed by atoms with Crippen LogP contribution in [0, 0.1) is 0 Å². The van der Waals surface area contributed by atoms with Crippen molar-refractivity contribution in [3.63, 3.8) is 0 Å². The summed E-state index contributed by atoms with van der Waals surface area (Å²) in [4.78, 5) is 3.97. The summed E-state index contributed by atoms with van der Waals surface area (Å²) in [7, 11) is 1.60. The minimum absolute atomic E-state index is 0.604. The highest BCUT2D eigenvalue weighted by atomic mass is 35.5. The van der Waals surface area contributed by atoms with Crippen molar-refractivity contribution in [1.82, 2.24) is 4.98 Å². The number of benzene rings is 1. The van der Waals surface area contributed by atoms with Crippen LogP contribution in [0.25, 0.3) is 0 Å². The highest BCUT2D eigenvalue weighted by Crippen LogP contribution is 2.27. The molecule has 1 aromatic heterocycles. The second-order valence-corrected chi connectivity index (χ2v) is 3.97. The summed E-state index contributed by atoms with van der Waals surface area (Å²) in [6.07, 6.45) is 3.55. The smallest absolute Gasteiger partial charge is 0.137 e. The molecule has 0 bridgehead atoms. The summed E-state index contributed by atoms with van der Waals surface area (Å²) in [6, 6.07) is 9.57. The first kappa shape index (κ1) is 11.7. The van der Waals surface area contributed by atoms with E-state index in [1.807, 2.05) is 30.3 Å². The molecule has 0 spiro atoms. The minimum atomic E-state index is 0.604. The van der Waals surface area contributed by atoms with Gasteiger partial charge < -0.3 is 10.1 Å². The zero-order valence-electron chi connectivity index (χ0n) is 9.48. The summed E-state index contributed by atoms with van der Waals surface area (Å²) in [5, 5.41) is 3.89. The third-order valence-corrected chi connectivity index (χ3v) is 2.69. The van der Waals surface area contributed by atoms with E-state index in [-0.39, 0.29) is 0 Å². The first-order valence-corrected chi connectivity index (χ1v) is 5.63. The van der Waals surface area contributed by atoms with E-state index in [0.717, 1.165) is 12.2 Å². The largest absolute Gasteiger partial charge is 0.495 e. The number of methoxy groups -OCH3 is 1. The molecule has 88 valence electrons. The van der Waals surface area contributed by atoms with E-state index in [1.165, 1.54) is 5.56 Å².